The SMILES string of the molecule is CC(C)(C)CC(C)(C)NC(=O)C1CCN(CCC#N)CC1. The summed E-state index contributed by atoms with van der Waals surface area (Å²) in [6, 6.07) is 2.18. The molecule has 0 aromatic rings. The molecule has 1 N–H and O–H groups in total. The molecule has 0 atom stereocenters. The minimum Gasteiger partial charge on any atom is -0.351 e. The lowest BCUT2D eigenvalue weighted by Crippen LogP contribution is -2.50. The predicted octanol–water partition coefficient (Wildman–Crippen LogP) is 2.94. The highest BCUT2D eigenvalue weighted by Gasteiger charge is 2.31. The van der Waals surface area contributed by atoms with Gasteiger partial charge in [0.05, 0.1) is 6.07 Å². The van der Waals surface area contributed by atoms with Gasteiger partial charge in [-0.15, -0.1) is 0 Å². The first-order valence-corrected chi connectivity index (χ1v) is 8.04. The summed E-state index contributed by atoms with van der Waals surface area (Å²) in [5.74, 6) is 0.326. The summed E-state index contributed by atoms with van der Waals surface area (Å²) in [4.78, 5) is 14.7. The Labute approximate surface area is 129 Å². The number of rotatable bonds is 5. The second-order valence-electron chi connectivity index (χ2n) is 8.13. The van der Waals surface area contributed by atoms with Crippen molar-refractivity contribution in [3.05, 3.63) is 0 Å². The van der Waals surface area contributed by atoms with Crippen LogP contribution in [0.4, 0.5) is 0 Å². The molecule has 1 amide bonds. The Bertz CT molecular complexity index is 382. The molecule has 1 aliphatic rings. The van der Waals surface area contributed by atoms with E-state index in [-0.39, 0.29) is 22.8 Å². The molecule has 4 heteroatoms. The van der Waals surface area contributed by atoms with Crippen LogP contribution in [0.5, 0.6) is 0 Å². The molecule has 0 unspecified atom stereocenters. The van der Waals surface area contributed by atoms with Crippen molar-refractivity contribution in [2.75, 3.05) is 19.6 Å². The Morgan fingerprint density at radius 1 is 1.24 bits per heavy atom. The van der Waals surface area contributed by atoms with Crippen LogP contribution in [0.15, 0.2) is 0 Å². The van der Waals surface area contributed by atoms with Crippen LogP contribution in [0, 0.1) is 22.7 Å². The van der Waals surface area contributed by atoms with Gasteiger partial charge in [-0.2, -0.15) is 5.26 Å². The molecule has 0 aromatic carbocycles. The summed E-state index contributed by atoms with van der Waals surface area (Å²) < 4.78 is 0. The molecule has 1 aliphatic heterocycles. The summed E-state index contributed by atoms with van der Waals surface area (Å²) >= 11 is 0. The zero-order valence-electron chi connectivity index (χ0n) is 14.3. The number of carbonyl (C=O) groups is 1. The number of hydrogen-bond acceptors (Lipinski definition) is 3. The monoisotopic (exact) mass is 293 g/mol. The number of nitrogens with one attached hydrogen (secondary N) is 1. The molecular formula is C17H31N3O. The van der Waals surface area contributed by atoms with Crippen LogP contribution >= 0.6 is 0 Å². The number of amides is 1. The quantitative estimate of drug-likeness (QED) is 0.848. The summed E-state index contributed by atoms with van der Waals surface area (Å²) in [6.45, 7) is 13.5. The molecule has 0 radical (unpaired) electrons. The van der Waals surface area contributed by atoms with E-state index in [0.717, 1.165) is 38.9 Å². The molecule has 0 aromatic heterocycles. The van der Waals surface area contributed by atoms with Crippen molar-refractivity contribution in [2.24, 2.45) is 11.3 Å². The van der Waals surface area contributed by atoms with Gasteiger partial charge in [0, 0.05) is 24.4 Å². The van der Waals surface area contributed by atoms with Crippen LogP contribution in [0.1, 0.15) is 60.3 Å². The van der Waals surface area contributed by atoms with E-state index in [0.29, 0.717) is 6.42 Å². The lowest BCUT2D eigenvalue weighted by atomic mass is 9.81. The fourth-order valence-corrected chi connectivity index (χ4v) is 3.43. The number of piperidine rings is 1. The lowest BCUT2D eigenvalue weighted by Gasteiger charge is -2.36. The second kappa shape index (κ2) is 7.26. The topological polar surface area (TPSA) is 56.1 Å². The Morgan fingerprint density at radius 2 is 1.81 bits per heavy atom. The van der Waals surface area contributed by atoms with Crippen molar-refractivity contribution < 1.29 is 4.79 Å². The minimum absolute atomic E-state index is 0.127. The van der Waals surface area contributed by atoms with E-state index in [9.17, 15) is 4.79 Å². The molecule has 0 saturated carbocycles. The number of hydrogen-bond donors (Lipinski definition) is 1. The van der Waals surface area contributed by atoms with Gasteiger partial charge in [0.15, 0.2) is 0 Å². The average molecular weight is 293 g/mol. The van der Waals surface area contributed by atoms with Gasteiger partial charge in [0.25, 0.3) is 0 Å². The normalized spacial score (nSPS) is 18.3. The number of nitriles is 1. The third-order valence-electron chi connectivity index (χ3n) is 3.93. The molecule has 1 fully saturated rings. The highest BCUT2D eigenvalue weighted by atomic mass is 16.2. The van der Waals surface area contributed by atoms with Crippen LogP contribution in [0.25, 0.3) is 0 Å². The van der Waals surface area contributed by atoms with Gasteiger partial charge in [-0.3, -0.25) is 4.79 Å². The van der Waals surface area contributed by atoms with Crippen molar-refractivity contribution in [2.45, 2.75) is 65.8 Å². The summed E-state index contributed by atoms with van der Waals surface area (Å²) in [5.41, 5.74) is 0.0463. The van der Waals surface area contributed by atoms with E-state index in [1.54, 1.807) is 0 Å². The van der Waals surface area contributed by atoms with E-state index in [1.165, 1.54) is 0 Å². The van der Waals surface area contributed by atoms with Gasteiger partial charge in [-0.05, 0) is 51.6 Å². The van der Waals surface area contributed by atoms with Crippen molar-refractivity contribution in [1.82, 2.24) is 10.2 Å². The molecule has 21 heavy (non-hydrogen) atoms. The number of carbonyl (C=O) groups excluding carboxylic acids is 1. The van der Waals surface area contributed by atoms with Gasteiger partial charge in [0.2, 0.25) is 5.91 Å². The zero-order valence-corrected chi connectivity index (χ0v) is 14.3. The van der Waals surface area contributed by atoms with Gasteiger partial charge in [-0.1, -0.05) is 20.8 Å². The first-order chi connectivity index (χ1) is 9.63. The standard InChI is InChI=1S/C17H31N3O/c1-16(2,3)13-17(4,5)19-15(21)14-7-11-20(12-8-14)10-6-9-18/h14H,6-8,10-13H2,1-5H3,(H,19,21). The van der Waals surface area contributed by atoms with Crippen LogP contribution in [0.3, 0.4) is 0 Å². The maximum absolute atomic E-state index is 12.4. The van der Waals surface area contributed by atoms with Crippen molar-refractivity contribution in [3.8, 4) is 6.07 Å². The zero-order chi connectivity index (χ0) is 16.1. The largest absolute Gasteiger partial charge is 0.351 e. The Morgan fingerprint density at radius 3 is 2.29 bits per heavy atom. The van der Waals surface area contributed by atoms with Crippen molar-refractivity contribution >= 4 is 5.91 Å². The van der Waals surface area contributed by atoms with Crippen molar-refractivity contribution in [1.29, 1.82) is 5.26 Å². The van der Waals surface area contributed by atoms with E-state index < -0.39 is 0 Å². The summed E-state index contributed by atoms with van der Waals surface area (Å²) in [6.07, 6.45) is 3.36. The molecule has 0 bridgehead atoms. The van der Waals surface area contributed by atoms with Crippen LogP contribution < -0.4 is 5.32 Å². The van der Waals surface area contributed by atoms with Crippen LogP contribution in [-0.2, 0) is 4.79 Å². The summed E-state index contributed by atoms with van der Waals surface area (Å²) in [5, 5.41) is 11.8. The molecule has 1 saturated heterocycles. The Kier molecular flexibility index (Phi) is 6.22. The van der Waals surface area contributed by atoms with Gasteiger partial charge in [0.1, 0.15) is 0 Å². The highest BCUT2D eigenvalue weighted by Crippen LogP contribution is 2.27. The van der Waals surface area contributed by atoms with Crippen molar-refractivity contribution in [3.63, 3.8) is 0 Å². The molecule has 120 valence electrons. The summed E-state index contributed by atoms with van der Waals surface area (Å²) in [7, 11) is 0. The smallest absolute Gasteiger partial charge is 0.223 e. The predicted molar refractivity (Wildman–Crippen MR) is 85.7 cm³/mol. The van der Waals surface area contributed by atoms with Gasteiger partial charge in [-0.25, -0.2) is 0 Å². The first kappa shape index (κ1) is 18.0. The Hall–Kier alpha value is -1.08. The van der Waals surface area contributed by atoms with E-state index in [4.69, 9.17) is 5.26 Å². The third kappa shape index (κ3) is 6.95. The fourth-order valence-electron chi connectivity index (χ4n) is 3.43. The fraction of sp³-hybridized carbons (Fsp3) is 0.882. The highest BCUT2D eigenvalue weighted by molar-refractivity contribution is 5.79. The molecule has 0 spiro atoms. The van der Waals surface area contributed by atoms with E-state index >= 15 is 0 Å². The van der Waals surface area contributed by atoms with Gasteiger partial charge < -0.3 is 10.2 Å². The Balaban J connectivity index is 2.42. The molecule has 1 heterocycles. The van der Waals surface area contributed by atoms with E-state index in [1.807, 2.05) is 0 Å². The average Bonchev–Trinajstić information content (AvgIpc) is 2.33. The molecule has 1 rings (SSSR count). The van der Waals surface area contributed by atoms with Crippen LogP contribution in [-0.4, -0.2) is 36.0 Å². The second-order valence-corrected chi connectivity index (χ2v) is 8.13. The lowest BCUT2D eigenvalue weighted by molar-refractivity contribution is -0.128. The molecule has 0 aliphatic carbocycles. The van der Waals surface area contributed by atoms with E-state index in [2.05, 4.69) is 50.9 Å². The van der Waals surface area contributed by atoms with Crippen LogP contribution in [0.2, 0.25) is 0 Å². The number of nitrogens with zero attached hydrogens (tertiary/aromatic N) is 2. The molecular weight excluding hydrogens is 262 g/mol. The molecule has 4 nitrogen and oxygen atoms in total. The first-order valence-electron chi connectivity index (χ1n) is 8.04. The number of likely N-dealkylation sites (tertiary alicyclic amines) is 1. The maximum atomic E-state index is 12.4. The minimum atomic E-state index is -0.159. The van der Waals surface area contributed by atoms with Gasteiger partial charge >= 0.3 is 0 Å². The third-order valence-corrected chi connectivity index (χ3v) is 3.93. The maximum Gasteiger partial charge on any atom is 0.223 e.